The van der Waals surface area contributed by atoms with Crippen LogP contribution in [0.4, 0.5) is 4.39 Å². The van der Waals surface area contributed by atoms with Crippen LogP contribution in [0, 0.1) is 18.7 Å². The maximum Gasteiger partial charge on any atom is 0.251 e. The van der Waals surface area contributed by atoms with Gasteiger partial charge in [0.1, 0.15) is 5.82 Å². The third-order valence-corrected chi connectivity index (χ3v) is 3.28. The molecule has 1 unspecified atom stereocenters. The molecule has 1 amide bonds. The molecular formula is C14H19ClFNO. The van der Waals surface area contributed by atoms with E-state index >= 15 is 0 Å². The second-order valence-corrected chi connectivity index (χ2v) is 4.80. The smallest absolute Gasteiger partial charge is 0.251 e. The van der Waals surface area contributed by atoms with E-state index in [1.807, 2.05) is 0 Å². The number of carbonyl (C=O) groups excluding carboxylic acids is 1. The van der Waals surface area contributed by atoms with Gasteiger partial charge in [-0.15, -0.1) is 11.6 Å². The molecule has 0 saturated heterocycles. The van der Waals surface area contributed by atoms with Crippen LogP contribution < -0.4 is 5.32 Å². The van der Waals surface area contributed by atoms with Gasteiger partial charge in [0.2, 0.25) is 0 Å². The fourth-order valence-corrected chi connectivity index (χ4v) is 2.04. The molecule has 1 aromatic rings. The van der Waals surface area contributed by atoms with E-state index in [1.165, 1.54) is 12.1 Å². The normalized spacial score (nSPS) is 12.2. The van der Waals surface area contributed by atoms with Gasteiger partial charge in [-0.05, 0) is 43.0 Å². The zero-order chi connectivity index (χ0) is 13.5. The third-order valence-electron chi connectivity index (χ3n) is 3.07. The Morgan fingerprint density at radius 1 is 1.50 bits per heavy atom. The molecule has 1 aromatic carbocycles. The number of halogens is 2. The fourth-order valence-electron chi connectivity index (χ4n) is 1.73. The van der Waals surface area contributed by atoms with Gasteiger partial charge < -0.3 is 5.32 Å². The zero-order valence-electron chi connectivity index (χ0n) is 10.8. The monoisotopic (exact) mass is 271 g/mol. The number of hydrogen-bond acceptors (Lipinski definition) is 1. The molecule has 1 rings (SSSR count). The Kier molecular flexibility index (Phi) is 6.13. The van der Waals surface area contributed by atoms with Crippen LogP contribution in [-0.2, 0) is 0 Å². The Bertz CT molecular complexity index is 409. The number of aryl methyl sites for hydroxylation is 1. The molecule has 0 bridgehead atoms. The van der Waals surface area contributed by atoms with Gasteiger partial charge in [0.05, 0.1) is 0 Å². The van der Waals surface area contributed by atoms with Crippen molar-refractivity contribution in [3.05, 3.63) is 35.1 Å². The first-order valence-electron chi connectivity index (χ1n) is 6.18. The van der Waals surface area contributed by atoms with Crippen molar-refractivity contribution in [1.82, 2.24) is 5.32 Å². The van der Waals surface area contributed by atoms with Gasteiger partial charge in [0.25, 0.3) is 5.91 Å². The number of alkyl halides is 1. The molecule has 2 nitrogen and oxygen atoms in total. The first-order chi connectivity index (χ1) is 8.58. The van der Waals surface area contributed by atoms with E-state index in [0.717, 1.165) is 12.8 Å². The molecule has 100 valence electrons. The summed E-state index contributed by atoms with van der Waals surface area (Å²) in [5.41, 5.74) is 0.977. The average Bonchev–Trinajstić information content (AvgIpc) is 2.37. The van der Waals surface area contributed by atoms with Crippen LogP contribution in [0.5, 0.6) is 0 Å². The third kappa shape index (κ3) is 4.30. The van der Waals surface area contributed by atoms with Crippen molar-refractivity contribution in [3.63, 3.8) is 0 Å². The van der Waals surface area contributed by atoms with Crippen molar-refractivity contribution in [2.75, 3.05) is 12.4 Å². The number of hydrogen-bond donors (Lipinski definition) is 1. The first kappa shape index (κ1) is 15.0. The number of nitrogens with one attached hydrogen (secondary N) is 1. The molecular weight excluding hydrogens is 253 g/mol. The highest BCUT2D eigenvalue weighted by atomic mass is 35.5. The SMILES string of the molecule is CCC(CCCl)CNC(=O)c1ccc(F)c(C)c1. The molecule has 18 heavy (non-hydrogen) atoms. The van der Waals surface area contributed by atoms with Gasteiger partial charge in [-0.1, -0.05) is 13.3 Å². The fraction of sp³-hybridized carbons (Fsp3) is 0.500. The highest BCUT2D eigenvalue weighted by molar-refractivity contribution is 6.17. The molecule has 0 spiro atoms. The van der Waals surface area contributed by atoms with Crippen LogP contribution in [0.2, 0.25) is 0 Å². The van der Waals surface area contributed by atoms with Gasteiger partial charge in [-0.2, -0.15) is 0 Å². The van der Waals surface area contributed by atoms with Gasteiger partial charge in [-0.25, -0.2) is 4.39 Å². The van der Waals surface area contributed by atoms with Gasteiger partial charge in [0, 0.05) is 18.0 Å². The van der Waals surface area contributed by atoms with Crippen LogP contribution in [0.1, 0.15) is 35.7 Å². The summed E-state index contributed by atoms with van der Waals surface area (Å²) in [4.78, 5) is 11.9. The molecule has 0 saturated carbocycles. The number of carbonyl (C=O) groups is 1. The minimum absolute atomic E-state index is 0.161. The van der Waals surface area contributed by atoms with Crippen molar-refractivity contribution in [2.45, 2.75) is 26.7 Å². The summed E-state index contributed by atoms with van der Waals surface area (Å²) in [5.74, 6) is 0.545. The molecule has 1 N–H and O–H groups in total. The van der Waals surface area contributed by atoms with Crippen molar-refractivity contribution in [3.8, 4) is 0 Å². The topological polar surface area (TPSA) is 29.1 Å². The molecule has 0 heterocycles. The lowest BCUT2D eigenvalue weighted by molar-refractivity contribution is 0.0946. The number of amides is 1. The Labute approximate surface area is 113 Å². The van der Waals surface area contributed by atoms with Crippen molar-refractivity contribution >= 4 is 17.5 Å². The second-order valence-electron chi connectivity index (χ2n) is 4.43. The zero-order valence-corrected chi connectivity index (χ0v) is 11.6. The Morgan fingerprint density at radius 2 is 2.22 bits per heavy atom. The lowest BCUT2D eigenvalue weighted by Crippen LogP contribution is -2.29. The maximum absolute atomic E-state index is 13.1. The van der Waals surface area contributed by atoms with Crippen LogP contribution >= 0.6 is 11.6 Å². The lowest BCUT2D eigenvalue weighted by Gasteiger charge is -2.14. The summed E-state index contributed by atoms with van der Waals surface area (Å²) >= 11 is 5.69. The van der Waals surface area contributed by atoms with Crippen molar-refractivity contribution in [1.29, 1.82) is 0 Å². The van der Waals surface area contributed by atoms with Gasteiger partial charge in [-0.3, -0.25) is 4.79 Å². The molecule has 1 atom stereocenters. The Hall–Kier alpha value is -1.09. The molecule has 0 radical (unpaired) electrons. The predicted octanol–water partition coefficient (Wildman–Crippen LogP) is 3.52. The van der Waals surface area contributed by atoms with Crippen LogP contribution in [-0.4, -0.2) is 18.3 Å². The highest BCUT2D eigenvalue weighted by Gasteiger charge is 2.10. The Balaban J connectivity index is 2.57. The molecule has 4 heteroatoms. The lowest BCUT2D eigenvalue weighted by atomic mass is 10.0. The molecule has 0 aromatic heterocycles. The summed E-state index contributed by atoms with van der Waals surface area (Å²) in [7, 11) is 0. The molecule has 0 aliphatic heterocycles. The largest absolute Gasteiger partial charge is 0.352 e. The van der Waals surface area contributed by atoms with E-state index < -0.39 is 0 Å². The van der Waals surface area contributed by atoms with E-state index in [2.05, 4.69) is 12.2 Å². The van der Waals surface area contributed by atoms with Gasteiger partial charge >= 0.3 is 0 Å². The van der Waals surface area contributed by atoms with E-state index in [0.29, 0.717) is 29.5 Å². The second kappa shape index (κ2) is 7.37. The number of rotatable bonds is 6. The van der Waals surface area contributed by atoms with Crippen LogP contribution in [0.3, 0.4) is 0 Å². The molecule has 0 fully saturated rings. The summed E-state index contributed by atoms with van der Waals surface area (Å²) in [5, 5.41) is 2.86. The van der Waals surface area contributed by atoms with Crippen LogP contribution in [0.25, 0.3) is 0 Å². The molecule has 0 aliphatic carbocycles. The standard InChI is InChI=1S/C14H19ClFNO/c1-3-11(6-7-15)9-17-14(18)12-4-5-13(16)10(2)8-12/h4-5,8,11H,3,6-7,9H2,1-2H3,(H,17,18). The number of benzene rings is 1. The van der Waals surface area contributed by atoms with Crippen molar-refractivity contribution < 1.29 is 9.18 Å². The molecule has 0 aliphatic rings. The minimum Gasteiger partial charge on any atom is -0.352 e. The van der Waals surface area contributed by atoms with E-state index in [9.17, 15) is 9.18 Å². The Morgan fingerprint density at radius 3 is 2.78 bits per heavy atom. The predicted molar refractivity (Wildman–Crippen MR) is 72.6 cm³/mol. The summed E-state index contributed by atoms with van der Waals surface area (Å²) < 4.78 is 13.1. The maximum atomic E-state index is 13.1. The average molecular weight is 272 g/mol. The van der Waals surface area contributed by atoms with E-state index in [-0.39, 0.29) is 11.7 Å². The van der Waals surface area contributed by atoms with E-state index in [1.54, 1.807) is 13.0 Å². The van der Waals surface area contributed by atoms with Gasteiger partial charge in [0.15, 0.2) is 0 Å². The summed E-state index contributed by atoms with van der Waals surface area (Å²) in [6.07, 6.45) is 1.87. The quantitative estimate of drug-likeness (QED) is 0.788. The summed E-state index contributed by atoms with van der Waals surface area (Å²) in [6.45, 7) is 4.33. The van der Waals surface area contributed by atoms with Crippen LogP contribution in [0.15, 0.2) is 18.2 Å². The summed E-state index contributed by atoms with van der Waals surface area (Å²) in [6, 6.07) is 4.38. The highest BCUT2D eigenvalue weighted by Crippen LogP contribution is 2.11. The van der Waals surface area contributed by atoms with E-state index in [4.69, 9.17) is 11.6 Å². The minimum atomic E-state index is -0.292. The van der Waals surface area contributed by atoms with Crippen molar-refractivity contribution in [2.24, 2.45) is 5.92 Å². The first-order valence-corrected chi connectivity index (χ1v) is 6.72.